The first kappa shape index (κ1) is 12.2. The summed E-state index contributed by atoms with van der Waals surface area (Å²) in [5.74, 6) is 1.68. The van der Waals surface area contributed by atoms with Gasteiger partial charge >= 0.3 is 0 Å². The summed E-state index contributed by atoms with van der Waals surface area (Å²) in [5, 5.41) is 0. The van der Waals surface area contributed by atoms with Gasteiger partial charge in [-0.1, -0.05) is 6.07 Å². The van der Waals surface area contributed by atoms with Gasteiger partial charge in [-0.2, -0.15) is 0 Å². The minimum absolute atomic E-state index is 0.329. The van der Waals surface area contributed by atoms with Crippen molar-refractivity contribution in [2.75, 3.05) is 33.9 Å². The van der Waals surface area contributed by atoms with E-state index in [1.807, 2.05) is 6.07 Å². The molecule has 4 heteroatoms. The van der Waals surface area contributed by atoms with Crippen molar-refractivity contribution in [2.45, 2.75) is 12.5 Å². The fraction of sp³-hybridized carbons (Fsp3) is 0.538. The molecule has 0 saturated heterocycles. The van der Waals surface area contributed by atoms with Crippen molar-refractivity contribution >= 4 is 0 Å². The van der Waals surface area contributed by atoms with Crippen LogP contribution in [0.4, 0.5) is 0 Å². The van der Waals surface area contributed by atoms with Crippen molar-refractivity contribution < 1.29 is 9.47 Å². The van der Waals surface area contributed by atoms with Crippen LogP contribution < -0.4 is 15.2 Å². The zero-order valence-electron chi connectivity index (χ0n) is 10.5. The van der Waals surface area contributed by atoms with E-state index in [0.29, 0.717) is 25.8 Å². The third-order valence-electron chi connectivity index (χ3n) is 3.01. The molecule has 1 aliphatic rings. The Balaban J connectivity index is 2.25. The van der Waals surface area contributed by atoms with Crippen LogP contribution in [0.5, 0.6) is 11.5 Å². The third-order valence-corrected chi connectivity index (χ3v) is 3.01. The van der Waals surface area contributed by atoms with Crippen LogP contribution >= 0.6 is 0 Å². The quantitative estimate of drug-likeness (QED) is 0.858. The molecule has 1 aliphatic heterocycles. The summed E-state index contributed by atoms with van der Waals surface area (Å²) in [6.45, 7) is 1.93. The van der Waals surface area contributed by atoms with E-state index in [0.717, 1.165) is 17.9 Å². The van der Waals surface area contributed by atoms with Crippen LogP contribution in [-0.4, -0.2) is 38.8 Å². The van der Waals surface area contributed by atoms with Crippen molar-refractivity contribution in [1.82, 2.24) is 4.90 Å². The Bertz CT molecular complexity index is 380. The highest BCUT2D eigenvalue weighted by Crippen LogP contribution is 2.34. The van der Waals surface area contributed by atoms with Crippen LogP contribution in [0.1, 0.15) is 18.0 Å². The molecule has 17 heavy (non-hydrogen) atoms. The standard InChI is InChI=1S/C13H20N2O2/c1-15(2)11(5-6-14)10-3-4-12-13(9-10)17-8-7-16-12/h3-4,9,11H,5-8,14H2,1-2H3. The van der Waals surface area contributed by atoms with Gasteiger partial charge < -0.3 is 20.1 Å². The lowest BCUT2D eigenvalue weighted by molar-refractivity contribution is 0.170. The summed E-state index contributed by atoms with van der Waals surface area (Å²) in [6.07, 6.45) is 0.937. The van der Waals surface area contributed by atoms with Crippen LogP contribution in [-0.2, 0) is 0 Å². The van der Waals surface area contributed by atoms with Crippen LogP contribution in [0.25, 0.3) is 0 Å². The number of fused-ring (bicyclic) bond motifs is 1. The Morgan fingerprint density at radius 3 is 2.59 bits per heavy atom. The lowest BCUT2D eigenvalue weighted by Gasteiger charge is -2.26. The molecule has 1 heterocycles. The second-order valence-corrected chi connectivity index (χ2v) is 4.46. The van der Waals surface area contributed by atoms with Gasteiger partial charge in [-0.3, -0.25) is 0 Å². The molecule has 0 radical (unpaired) electrons. The predicted octanol–water partition coefficient (Wildman–Crippen LogP) is 1.41. The average molecular weight is 236 g/mol. The summed E-state index contributed by atoms with van der Waals surface area (Å²) >= 11 is 0. The minimum Gasteiger partial charge on any atom is -0.486 e. The van der Waals surface area contributed by atoms with Crippen molar-refractivity contribution in [1.29, 1.82) is 0 Å². The summed E-state index contributed by atoms with van der Waals surface area (Å²) in [7, 11) is 4.13. The molecular weight excluding hydrogens is 216 g/mol. The zero-order chi connectivity index (χ0) is 12.3. The first-order valence-electron chi connectivity index (χ1n) is 5.98. The summed E-state index contributed by atoms with van der Waals surface area (Å²) in [6, 6.07) is 6.47. The molecule has 0 fully saturated rings. The molecule has 2 N–H and O–H groups in total. The number of nitrogens with zero attached hydrogens (tertiary/aromatic N) is 1. The van der Waals surface area contributed by atoms with E-state index in [2.05, 4.69) is 31.1 Å². The maximum atomic E-state index is 5.66. The fourth-order valence-electron chi connectivity index (χ4n) is 2.15. The Morgan fingerprint density at radius 1 is 1.24 bits per heavy atom. The Kier molecular flexibility index (Phi) is 3.86. The highest BCUT2D eigenvalue weighted by molar-refractivity contribution is 5.44. The van der Waals surface area contributed by atoms with Gasteiger partial charge in [0.1, 0.15) is 13.2 Å². The number of hydrogen-bond acceptors (Lipinski definition) is 4. The molecule has 1 atom stereocenters. The van der Waals surface area contributed by atoms with E-state index < -0.39 is 0 Å². The van der Waals surface area contributed by atoms with Gasteiger partial charge in [0.2, 0.25) is 0 Å². The average Bonchev–Trinajstić information content (AvgIpc) is 2.35. The van der Waals surface area contributed by atoms with Gasteiger partial charge in [0, 0.05) is 6.04 Å². The number of benzene rings is 1. The maximum absolute atomic E-state index is 5.66. The highest BCUT2D eigenvalue weighted by atomic mass is 16.6. The topological polar surface area (TPSA) is 47.7 Å². The van der Waals surface area contributed by atoms with Crippen molar-refractivity contribution in [3.8, 4) is 11.5 Å². The van der Waals surface area contributed by atoms with Crippen LogP contribution in [0.2, 0.25) is 0 Å². The smallest absolute Gasteiger partial charge is 0.161 e. The SMILES string of the molecule is CN(C)C(CCN)c1ccc2c(c1)OCCO2. The molecule has 0 amide bonds. The number of hydrogen-bond donors (Lipinski definition) is 1. The van der Waals surface area contributed by atoms with E-state index >= 15 is 0 Å². The summed E-state index contributed by atoms with van der Waals surface area (Å²) in [5.41, 5.74) is 6.89. The Morgan fingerprint density at radius 2 is 1.94 bits per heavy atom. The van der Waals surface area contributed by atoms with Gasteiger partial charge in [0.15, 0.2) is 11.5 Å². The summed E-state index contributed by atoms with van der Waals surface area (Å²) in [4.78, 5) is 2.18. The Labute approximate surface area is 102 Å². The van der Waals surface area contributed by atoms with E-state index in [4.69, 9.17) is 15.2 Å². The molecule has 94 valence electrons. The first-order valence-corrected chi connectivity index (χ1v) is 5.98. The molecule has 0 aliphatic carbocycles. The fourth-order valence-corrected chi connectivity index (χ4v) is 2.15. The monoisotopic (exact) mass is 236 g/mol. The van der Waals surface area contributed by atoms with Crippen molar-refractivity contribution in [3.63, 3.8) is 0 Å². The lowest BCUT2D eigenvalue weighted by atomic mass is 10.0. The molecule has 1 aromatic rings. The van der Waals surface area contributed by atoms with Gasteiger partial charge in [-0.05, 0) is 44.8 Å². The second kappa shape index (κ2) is 5.38. The number of ether oxygens (including phenoxy) is 2. The third kappa shape index (κ3) is 2.70. The maximum Gasteiger partial charge on any atom is 0.161 e. The molecule has 0 saturated carbocycles. The van der Waals surface area contributed by atoms with E-state index in [1.54, 1.807) is 0 Å². The molecule has 4 nitrogen and oxygen atoms in total. The van der Waals surface area contributed by atoms with Crippen LogP contribution in [0.15, 0.2) is 18.2 Å². The van der Waals surface area contributed by atoms with Crippen molar-refractivity contribution in [2.24, 2.45) is 5.73 Å². The first-order chi connectivity index (χ1) is 8.22. The summed E-state index contributed by atoms with van der Waals surface area (Å²) < 4.78 is 11.1. The van der Waals surface area contributed by atoms with Gasteiger partial charge in [-0.15, -0.1) is 0 Å². The molecule has 2 rings (SSSR count). The largest absolute Gasteiger partial charge is 0.486 e. The van der Waals surface area contributed by atoms with Crippen LogP contribution in [0, 0.1) is 0 Å². The van der Waals surface area contributed by atoms with Gasteiger partial charge in [0.05, 0.1) is 0 Å². The van der Waals surface area contributed by atoms with E-state index in [1.165, 1.54) is 5.56 Å². The Hall–Kier alpha value is -1.26. The van der Waals surface area contributed by atoms with Gasteiger partial charge in [-0.25, -0.2) is 0 Å². The molecule has 0 spiro atoms. The van der Waals surface area contributed by atoms with E-state index in [-0.39, 0.29) is 0 Å². The predicted molar refractivity (Wildman–Crippen MR) is 67.5 cm³/mol. The normalized spacial score (nSPS) is 16.0. The van der Waals surface area contributed by atoms with Gasteiger partial charge in [0.25, 0.3) is 0 Å². The molecule has 1 unspecified atom stereocenters. The molecule has 0 aromatic heterocycles. The second-order valence-electron chi connectivity index (χ2n) is 4.46. The number of rotatable bonds is 4. The zero-order valence-corrected chi connectivity index (χ0v) is 10.5. The number of nitrogens with two attached hydrogens (primary N) is 1. The van der Waals surface area contributed by atoms with E-state index in [9.17, 15) is 0 Å². The van der Waals surface area contributed by atoms with Crippen molar-refractivity contribution in [3.05, 3.63) is 23.8 Å². The molecular formula is C13H20N2O2. The molecule has 0 bridgehead atoms. The highest BCUT2D eigenvalue weighted by Gasteiger charge is 2.17. The molecule has 1 aromatic carbocycles. The van der Waals surface area contributed by atoms with Crippen LogP contribution in [0.3, 0.4) is 0 Å². The lowest BCUT2D eigenvalue weighted by Crippen LogP contribution is -2.23. The minimum atomic E-state index is 0.329.